The summed E-state index contributed by atoms with van der Waals surface area (Å²) in [5.41, 5.74) is 3.74. The monoisotopic (exact) mass is 310 g/mol. The van der Waals surface area contributed by atoms with Gasteiger partial charge >= 0.3 is 0 Å². The quantitative estimate of drug-likeness (QED) is 0.851. The van der Waals surface area contributed by atoms with Gasteiger partial charge in [0, 0.05) is 25.7 Å². The maximum absolute atomic E-state index is 13.1. The summed E-state index contributed by atoms with van der Waals surface area (Å²) in [7, 11) is 3.71. The van der Waals surface area contributed by atoms with Gasteiger partial charge in [0.2, 0.25) is 0 Å². The van der Waals surface area contributed by atoms with E-state index in [-0.39, 0.29) is 5.91 Å². The third kappa shape index (κ3) is 2.89. The van der Waals surface area contributed by atoms with Gasteiger partial charge in [-0.25, -0.2) is 0 Å². The lowest BCUT2D eigenvalue weighted by atomic mass is 10.1. The highest BCUT2D eigenvalue weighted by molar-refractivity contribution is 6.08. The van der Waals surface area contributed by atoms with Crippen molar-refractivity contribution in [2.24, 2.45) is 0 Å². The first-order chi connectivity index (χ1) is 11.1. The number of aryl methyl sites for hydroxylation is 1. The zero-order valence-electron chi connectivity index (χ0n) is 13.9. The highest BCUT2D eigenvalue weighted by Gasteiger charge is 2.25. The average Bonchev–Trinajstić information content (AvgIpc) is 2.74. The van der Waals surface area contributed by atoms with Crippen molar-refractivity contribution in [2.45, 2.75) is 13.3 Å². The second-order valence-electron chi connectivity index (χ2n) is 5.90. The Hall–Kier alpha value is -2.49. The molecule has 1 heterocycles. The Labute approximate surface area is 137 Å². The van der Waals surface area contributed by atoms with Crippen LogP contribution in [0.1, 0.15) is 22.3 Å². The molecule has 0 aromatic heterocycles. The Morgan fingerprint density at radius 3 is 2.52 bits per heavy atom. The van der Waals surface area contributed by atoms with Gasteiger partial charge in [0.05, 0.1) is 18.5 Å². The predicted molar refractivity (Wildman–Crippen MR) is 93.7 cm³/mol. The van der Waals surface area contributed by atoms with E-state index < -0.39 is 0 Å². The molecule has 0 aliphatic carbocycles. The van der Waals surface area contributed by atoms with Gasteiger partial charge < -0.3 is 14.5 Å². The number of methoxy groups -OCH3 is 1. The molecule has 4 heteroatoms. The minimum Gasteiger partial charge on any atom is -0.497 e. The third-order valence-corrected chi connectivity index (χ3v) is 4.37. The Balaban J connectivity index is 2.00. The van der Waals surface area contributed by atoms with Crippen molar-refractivity contribution < 1.29 is 9.53 Å². The number of carbonyl (C=O) groups excluding carboxylic acids is 1. The van der Waals surface area contributed by atoms with Gasteiger partial charge in [0.15, 0.2) is 0 Å². The molecule has 4 nitrogen and oxygen atoms in total. The normalized spacial score (nSPS) is 14.2. The second-order valence-corrected chi connectivity index (χ2v) is 5.90. The van der Waals surface area contributed by atoms with E-state index in [2.05, 4.69) is 18.0 Å². The van der Waals surface area contributed by atoms with Crippen LogP contribution in [0, 0.1) is 6.92 Å². The van der Waals surface area contributed by atoms with Crippen molar-refractivity contribution in [3.05, 3.63) is 53.6 Å². The number of benzene rings is 2. The largest absolute Gasteiger partial charge is 0.497 e. The third-order valence-electron chi connectivity index (χ3n) is 4.37. The number of rotatable bonds is 2. The molecule has 23 heavy (non-hydrogen) atoms. The van der Waals surface area contributed by atoms with Gasteiger partial charge in [-0.15, -0.1) is 0 Å². The summed E-state index contributed by atoms with van der Waals surface area (Å²) in [6, 6.07) is 13.7. The highest BCUT2D eigenvalue weighted by Crippen LogP contribution is 2.32. The zero-order chi connectivity index (χ0) is 16.4. The van der Waals surface area contributed by atoms with Crippen LogP contribution in [-0.2, 0) is 0 Å². The van der Waals surface area contributed by atoms with Crippen molar-refractivity contribution in [3.63, 3.8) is 0 Å². The van der Waals surface area contributed by atoms with E-state index in [0.717, 1.165) is 47.8 Å². The minimum atomic E-state index is 0.0490. The molecular weight excluding hydrogens is 288 g/mol. The topological polar surface area (TPSA) is 32.8 Å². The SMILES string of the molecule is COc1ccc(C(=O)N2CCCN(C)c3ccccc32)c(C)c1. The molecule has 0 fully saturated rings. The standard InChI is InChI=1S/C19H22N2O2/c1-14-13-15(23-3)9-10-16(14)19(22)21-12-6-11-20(2)17-7-4-5-8-18(17)21/h4-5,7-10,13H,6,11-12H2,1-3H3. The molecule has 2 aromatic carbocycles. The van der Waals surface area contributed by atoms with Crippen molar-refractivity contribution in [2.75, 3.05) is 37.0 Å². The van der Waals surface area contributed by atoms with Crippen molar-refractivity contribution >= 4 is 17.3 Å². The van der Waals surface area contributed by atoms with Crippen LogP contribution in [0.5, 0.6) is 5.75 Å². The fourth-order valence-electron chi connectivity index (χ4n) is 3.08. The van der Waals surface area contributed by atoms with E-state index in [1.165, 1.54) is 0 Å². The number of para-hydroxylation sites is 2. The average molecular weight is 310 g/mol. The van der Waals surface area contributed by atoms with E-state index in [0.29, 0.717) is 0 Å². The second kappa shape index (κ2) is 6.32. The molecule has 120 valence electrons. The fraction of sp³-hybridized carbons (Fsp3) is 0.316. The van der Waals surface area contributed by atoms with E-state index in [9.17, 15) is 4.79 Å². The number of nitrogens with zero attached hydrogens (tertiary/aromatic N) is 2. The molecule has 2 aromatic rings. The van der Waals surface area contributed by atoms with Gasteiger partial charge in [0.25, 0.3) is 5.91 Å². The van der Waals surface area contributed by atoms with Crippen LogP contribution in [0.25, 0.3) is 0 Å². The lowest BCUT2D eigenvalue weighted by Crippen LogP contribution is -2.32. The Bertz CT molecular complexity index is 727. The number of hydrogen-bond donors (Lipinski definition) is 0. The molecule has 1 aliphatic heterocycles. The van der Waals surface area contributed by atoms with E-state index in [1.54, 1.807) is 7.11 Å². The van der Waals surface area contributed by atoms with Crippen LogP contribution < -0.4 is 14.5 Å². The van der Waals surface area contributed by atoms with Gasteiger partial charge in [-0.05, 0) is 49.2 Å². The molecule has 0 saturated carbocycles. The van der Waals surface area contributed by atoms with Crippen LogP contribution in [-0.4, -0.2) is 33.2 Å². The molecule has 0 atom stereocenters. The van der Waals surface area contributed by atoms with Crippen LogP contribution in [0.15, 0.2) is 42.5 Å². The number of anilines is 2. The molecule has 0 bridgehead atoms. The summed E-state index contributed by atoms with van der Waals surface area (Å²) >= 11 is 0. The summed E-state index contributed by atoms with van der Waals surface area (Å²) in [6.07, 6.45) is 0.951. The van der Waals surface area contributed by atoms with Crippen LogP contribution in [0.4, 0.5) is 11.4 Å². The summed E-state index contributed by atoms with van der Waals surface area (Å²) in [5, 5.41) is 0. The van der Waals surface area contributed by atoms with E-state index >= 15 is 0 Å². The van der Waals surface area contributed by atoms with Gasteiger partial charge in [-0.2, -0.15) is 0 Å². The van der Waals surface area contributed by atoms with E-state index in [4.69, 9.17) is 4.74 Å². The number of fused-ring (bicyclic) bond motifs is 1. The molecule has 0 spiro atoms. The maximum Gasteiger partial charge on any atom is 0.258 e. The zero-order valence-corrected chi connectivity index (χ0v) is 13.9. The van der Waals surface area contributed by atoms with Crippen LogP contribution >= 0.6 is 0 Å². The Kier molecular flexibility index (Phi) is 4.24. The molecule has 1 amide bonds. The first-order valence-electron chi connectivity index (χ1n) is 7.88. The summed E-state index contributed by atoms with van der Waals surface area (Å²) in [4.78, 5) is 17.2. The Morgan fingerprint density at radius 1 is 1.09 bits per heavy atom. The molecule has 1 aliphatic rings. The van der Waals surface area contributed by atoms with Crippen molar-refractivity contribution in [3.8, 4) is 5.75 Å². The van der Waals surface area contributed by atoms with Gasteiger partial charge in [-0.3, -0.25) is 4.79 Å². The molecule has 0 radical (unpaired) electrons. The minimum absolute atomic E-state index is 0.0490. The first kappa shape index (κ1) is 15.4. The van der Waals surface area contributed by atoms with Crippen LogP contribution in [0.2, 0.25) is 0 Å². The predicted octanol–water partition coefficient (Wildman–Crippen LogP) is 3.49. The van der Waals surface area contributed by atoms with Gasteiger partial charge in [-0.1, -0.05) is 12.1 Å². The van der Waals surface area contributed by atoms with Crippen molar-refractivity contribution in [1.29, 1.82) is 0 Å². The lowest BCUT2D eigenvalue weighted by Gasteiger charge is -2.25. The molecular formula is C19H22N2O2. The van der Waals surface area contributed by atoms with Crippen molar-refractivity contribution in [1.82, 2.24) is 0 Å². The molecule has 3 rings (SSSR count). The number of amides is 1. The smallest absolute Gasteiger partial charge is 0.258 e. The number of carbonyl (C=O) groups is 1. The van der Waals surface area contributed by atoms with Gasteiger partial charge in [0.1, 0.15) is 5.75 Å². The summed E-state index contributed by atoms with van der Waals surface area (Å²) in [6.45, 7) is 3.62. The lowest BCUT2D eigenvalue weighted by molar-refractivity contribution is 0.0986. The summed E-state index contributed by atoms with van der Waals surface area (Å²) < 4.78 is 5.23. The van der Waals surface area contributed by atoms with E-state index in [1.807, 2.05) is 48.2 Å². The molecule has 0 N–H and O–H groups in total. The first-order valence-corrected chi connectivity index (χ1v) is 7.88. The molecule has 0 unspecified atom stereocenters. The summed E-state index contributed by atoms with van der Waals surface area (Å²) in [5.74, 6) is 0.822. The Morgan fingerprint density at radius 2 is 1.83 bits per heavy atom. The van der Waals surface area contributed by atoms with Crippen LogP contribution in [0.3, 0.4) is 0 Å². The molecule has 0 saturated heterocycles. The number of ether oxygens (including phenoxy) is 1. The number of hydrogen-bond acceptors (Lipinski definition) is 3. The highest BCUT2D eigenvalue weighted by atomic mass is 16.5. The maximum atomic E-state index is 13.1. The fourth-order valence-corrected chi connectivity index (χ4v) is 3.08.